The van der Waals surface area contributed by atoms with Gasteiger partial charge in [0.1, 0.15) is 11.9 Å². The SMILES string of the molecule is C.CCCCCCCCCCCCC(=O)O[C@@H]1[C@@H](COP(=O)(OCOC(=O)CC(C)(C)C)OCOC(=O)CC(C)(C)C)O[C@@H](n2ccc(N)nc2=O)C1(F)F. The van der Waals surface area contributed by atoms with Gasteiger partial charge in [0.05, 0.1) is 19.4 Å². The van der Waals surface area contributed by atoms with E-state index in [2.05, 4.69) is 11.9 Å². The number of phosphoric ester groups is 1. The molecule has 0 aliphatic carbocycles. The Morgan fingerprint density at radius 1 is 0.855 bits per heavy atom. The van der Waals surface area contributed by atoms with E-state index in [0.717, 1.165) is 37.9 Å². The normalized spacial score (nSPS) is 18.4. The van der Waals surface area contributed by atoms with Gasteiger partial charge in [-0.2, -0.15) is 13.8 Å². The van der Waals surface area contributed by atoms with E-state index in [4.69, 9.17) is 38.3 Å². The quantitative estimate of drug-likeness (QED) is 0.0345. The lowest BCUT2D eigenvalue weighted by Crippen LogP contribution is -2.44. The second-order valence-corrected chi connectivity index (χ2v) is 17.5. The Labute approximate surface area is 324 Å². The first-order valence-electron chi connectivity index (χ1n) is 18.6. The van der Waals surface area contributed by atoms with E-state index in [1.807, 2.05) is 0 Å². The number of unbranched alkanes of at least 4 members (excludes halogenated alkanes) is 9. The highest BCUT2D eigenvalue weighted by Gasteiger charge is 2.63. The number of hydrogen-bond acceptors (Lipinski definition) is 14. The Kier molecular flexibility index (Phi) is 21.2. The number of aromatic nitrogens is 2. The number of nitrogens with zero attached hydrogens (tertiary/aromatic N) is 2. The molecule has 1 saturated heterocycles. The van der Waals surface area contributed by atoms with Gasteiger partial charge in [-0.25, -0.2) is 18.4 Å². The van der Waals surface area contributed by atoms with Gasteiger partial charge in [-0.3, -0.25) is 23.5 Å². The summed E-state index contributed by atoms with van der Waals surface area (Å²) in [5.74, 6) is -6.60. The van der Waals surface area contributed by atoms with Gasteiger partial charge in [0.25, 0.3) is 0 Å². The van der Waals surface area contributed by atoms with Crippen LogP contribution < -0.4 is 11.4 Å². The van der Waals surface area contributed by atoms with Crippen molar-refractivity contribution in [3.63, 3.8) is 0 Å². The number of ether oxygens (including phenoxy) is 4. The standard InChI is InChI=1S/C36H60F2N3O12P.CH4/c1-8-9-10-11-12-13-14-15-16-17-18-28(42)53-31-26(52-32(36(31,37)38)41-20-19-27(39)40-33(41)45)23-49-54(46,50-24-47-29(43)21-34(2,3)4)51-25-48-30(44)22-35(5,6)7;/h19-20,26,31-32H,8-18,21-25H2,1-7H3,(H2,39,40,45);1H4/t26-,31-,32-;/m1./s1. The third kappa shape index (κ3) is 19.1. The molecule has 0 saturated carbocycles. The van der Waals surface area contributed by atoms with Crippen molar-refractivity contribution in [1.82, 2.24) is 9.55 Å². The van der Waals surface area contributed by atoms with Gasteiger partial charge in [0.2, 0.25) is 19.8 Å². The zero-order chi connectivity index (χ0) is 40.6. The van der Waals surface area contributed by atoms with Gasteiger partial charge in [0.15, 0.2) is 6.10 Å². The lowest BCUT2D eigenvalue weighted by atomic mass is 9.92. The molecular formula is C37H64F2N3O12P. The number of carbonyl (C=O) groups excluding carboxylic acids is 3. The van der Waals surface area contributed by atoms with Crippen LogP contribution in [0.25, 0.3) is 0 Å². The fourth-order valence-corrected chi connectivity index (χ4v) is 6.28. The molecule has 2 N–H and O–H groups in total. The van der Waals surface area contributed by atoms with Crippen LogP contribution >= 0.6 is 7.82 Å². The summed E-state index contributed by atoms with van der Waals surface area (Å²) in [6.07, 6.45) is 4.24. The number of nitrogen functional groups attached to an aromatic ring is 1. The number of carbonyl (C=O) groups is 3. The van der Waals surface area contributed by atoms with Crippen LogP contribution in [0.4, 0.5) is 14.6 Å². The van der Waals surface area contributed by atoms with Crippen molar-refractivity contribution in [3.05, 3.63) is 22.7 Å². The summed E-state index contributed by atoms with van der Waals surface area (Å²) in [6, 6.07) is 1.11. The smallest absolute Gasteiger partial charge is 0.453 e. The summed E-state index contributed by atoms with van der Waals surface area (Å²) in [5, 5.41) is 0. The fourth-order valence-electron chi connectivity index (χ4n) is 5.37. The van der Waals surface area contributed by atoms with Crippen molar-refractivity contribution in [3.8, 4) is 0 Å². The third-order valence-corrected chi connectivity index (χ3v) is 9.36. The summed E-state index contributed by atoms with van der Waals surface area (Å²) in [4.78, 5) is 53.4. The summed E-state index contributed by atoms with van der Waals surface area (Å²) >= 11 is 0. The van der Waals surface area contributed by atoms with Gasteiger partial charge in [-0.05, 0) is 23.3 Å². The van der Waals surface area contributed by atoms with Crippen molar-refractivity contribution in [1.29, 1.82) is 0 Å². The maximum absolute atomic E-state index is 16.0. The summed E-state index contributed by atoms with van der Waals surface area (Å²) in [5.41, 5.74) is 3.48. The predicted octanol–water partition coefficient (Wildman–Crippen LogP) is 8.25. The van der Waals surface area contributed by atoms with Gasteiger partial charge >= 0.3 is 37.3 Å². The molecule has 0 radical (unpaired) electrons. The monoisotopic (exact) mass is 811 g/mol. The lowest BCUT2D eigenvalue weighted by Gasteiger charge is -2.25. The number of phosphoric acid groups is 1. The Morgan fingerprint density at radius 2 is 1.35 bits per heavy atom. The van der Waals surface area contributed by atoms with E-state index in [9.17, 15) is 23.7 Å². The molecule has 1 aliphatic heterocycles. The third-order valence-electron chi connectivity index (χ3n) is 8.05. The Bertz CT molecular complexity index is 1410. The lowest BCUT2D eigenvalue weighted by molar-refractivity contribution is -0.176. The zero-order valence-electron chi connectivity index (χ0n) is 32.8. The average molecular weight is 812 g/mol. The maximum atomic E-state index is 16.0. The molecule has 1 aromatic rings. The number of alkyl halides is 2. The number of hydrogen-bond donors (Lipinski definition) is 1. The minimum atomic E-state index is -4.85. The van der Waals surface area contributed by atoms with Crippen molar-refractivity contribution in [2.75, 3.05) is 25.9 Å². The minimum Gasteiger partial charge on any atom is -0.453 e. The van der Waals surface area contributed by atoms with Gasteiger partial charge in [-0.1, -0.05) is 114 Å². The molecule has 0 unspecified atom stereocenters. The summed E-state index contributed by atoms with van der Waals surface area (Å²) < 4.78 is 82.6. The highest BCUT2D eigenvalue weighted by atomic mass is 31.2. The minimum absolute atomic E-state index is 0. The van der Waals surface area contributed by atoms with Crippen molar-refractivity contribution in [2.45, 2.75) is 164 Å². The molecule has 1 aliphatic rings. The Hall–Kier alpha value is -2.98. The van der Waals surface area contributed by atoms with E-state index in [1.54, 1.807) is 41.5 Å². The highest BCUT2D eigenvalue weighted by Crippen LogP contribution is 2.51. The van der Waals surface area contributed by atoms with Crippen molar-refractivity contribution >= 4 is 31.5 Å². The topological polar surface area (TPSA) is 194 Å². The summed E-state index contributed by atoms with van der Waals surface area (Å²) in [7, 11) is -4.85. The van der Waals surface area contributed by atoms with Crippen LogP contribution in [0.5, 0.6) is 0 Å². The first kappa shape index (κ1) is 50.0. The first-order chi connectivity index (χ1) is 25.2. The molecular weight excluding hydrogens is 747 g/mol. The van der Waals surface area contributed by atoms with E-state index in [0.29, 0.717) is 17.4 Å². The largest absolute Gasteiger partial charge is 0.480 e. The Morgan fingerprint density at radius 3 is 1.82 bits per heavy atom. The van der Waals surface area contributed by atoms with Crippen LogP contribution in [0.2, 0.25) is 0 Å². The maximum Gasteiger partial charge on any atom is 0.480 e. The molecule has 2 heterocycles. The molecule has 0 aromatic carbocycles. The zero-order valence-corrected chi connectivity index (χ0v) is 33.7. The first-order valence-corrected chi connectivity index (χ1v) is 20.0. The molecule has 3 atom stereocenters. The number of nitrogens with two attached hydrogens (primary N) is 1. The number of rotatable bonds is 24. The van der Waals surface area contributed by atoms with Gasteiger partial charge < -0.3 is 24.7 Å². The van der Waals surface area contributed by atoms with Crippen LogP contribution in [-0.4, -0.2) is 65.8 Å². The Balaban J connectivity index is 0.0000151. The van der Waals surface area contributed by atoms with E-state index in [1.165, 1.54) is 25.7 Å². The molecule has 0 spiro atoms. The van der Waals surface area contributed by atoms with E-state index in [-0.39, 0.29) is 32.5 Å². The number of esters is 3. The molecule has 1 fully saturated rings. The molecule has 55 heavy (non-hydrogen) atoms. The van der Waals surface area contributed by atoms with Crippen molar-refractivity contribution < 1.29 is 60.2 Å². The number of halogens is 2. The average Bonchev–Trinajstić information content (AvgIpc) is 3.27. The molecule has 0 amide bonds. The molecule has 18 heteroatoms. The number of anilines is 1. The van der Waals surface area contributed by atoms with Gasteiger partial charge in [-0.15, -0.1) is 0 Å². The molecule has 318 valence electrons. The fraction of sp³-hybridized carbons (Fsp3) is 0.811. The summed E-state index contributed by atoms with van der Waals surface area (Å²) in [6.45, 7) is 10.0. The van der Waals surface area contributed by atoms with Crippen LogP contribution in [0.15, 0.2) is 17.1 Å². The molecule has 0 bridgehead atoms. The molecule has 1 aromatic heterocycles. The van der Waals surface area contributed by atoms with E-state index >= 15 is 8.78 Å². The second kappa shape index (κ2) is 23.3. The van der Waals surface area contributed by atoms with Crippen LogP contribution in [0.3, 0.4) is 0 Å². The highest BCUT2D eigenvalue weighted by molar-refractivity contribution is 7.48. The molecule has 2 rings (SSSR count). The molecule has 15 nitrogen and oxygen atoms in total. The van der Waals surface area contributed by atoms with Crippen molar-refractivity contribution in [2.24, 2.45) is 10.8 Å². The second-order valence-electron chi connectivity index (χ2n) is 15.8. The van der Waals surface area contributed by atoms with Crippen LogP contribution in [0.1, 0.15) is 146 Å². The van der Waals surface area contributed by atoms with Crippen LogP contribution in [0, 0.1) is 10.8 Å². The van der Waals surface area contributed by atoms with Crippen LogP contribution in [-0.2, 0) is 51.5 Å². The van der Waals surface area contributed by atoms with E-state index < -0.39 is 86.8 Å². The van der Waals surface area contributed by atoms with Gasteiger partial charge in [0, 0.05) is 12.6 Å². The predicted molar refractivity (Wildman–Crippen MR) is 201 cm³/mol.